The van der Waals surface area contributed by atoms with Crippen LogP contribution >= 0.6 is 23.2 Å². The summed E-state index contributed by atoms with van der Waals surface area (Å²) in [6, 6.07) is 1.39. The summed E-state index contributed by atoms with van der Waals surface area (Å²) < 4.78 is 15.5. The Kier molecular flexibility index (Phi) is 3.12. The largest absolute Gasteiger partial charge is 0.397 e. The van der Waals surface area contributed by atoms with Crippen molar-refractivity contribution in [3.63, 3.8) is 0 Å². The lowest BCUT2D eigenvalue weighted by molar-refractivity contribution is 0.610. The molecule has 0 aliphatic heterocycles. The number of nitrogens with zero attached hydrogens (tertiary/aromatic N) is 2. The molecule has 1 aromatic carbocycles. The molecule has 0 unspecified atom stereocenters. The molecule has 2 aromatic rings. The number of nitrogens with two attached hydrogens (primary N) is 2. The number of anilines is 2. The van der Waals surface area contributed by atoms with E-state index in [1.807, 2.05) is 0 Å². The molecule has 0 spiro atoms. The molecular weight excluding hydrogens is 278 g/mol. The van der Waals surface area contributed by atoms with E-state index in [9.17, 15) is 4.39 Å². The van der Waals surface area contributed by atoms with Gasteiger partial charge in [0.05, 0.1) is 27.8 Å². The van der Waals surface area contributed by atoms with E-state index in [0.717, 1.165) is 0 Å². The van der Waals surface area contributed by atoms with Crippen LogP contribution in [0, 0.1) is 19.7 Å². The van der Waals surface area contributed by atoms with Gasteiger partial charge in [-0.05, 0) is 19.9 Å². The van der Waals surface area contributed by atoms with E-state index in [-0.39, 0.29) is 22.1 Å². The van der Waals surface area contributed by atoms with Crippen LogP contribution in [0.1, 0.15) is 11.4 Å². The average Bonchev–Trinajstić information content (AvgIpc) is 2.55. The van der Waals surface area contributed by atoms with Gasteiger partial charge in [-0.2, -0.15) is 5.10 Å². The predicted molar refractivity (Wildman–Crippen MR) is 71.8 cm³/mol. The zero-order chi connectivity index (χ0) is 13.6. The third-order valence-electron chi connectivity index (χ3n) is 2.65. The second-order valence-electron chi connectivity index (χ2n) is 3.93. The summed E-state index contributed by atoms with van der Waals surface area (Å²) in [6.07, 6.45) is 0. The summed E-state index contributed by atoms with van der Waals surface area (Å²) >= 11 is 11.8. The Morgan fingerprint density at radius 1 is 1.17 bits per heavy atom. The van der Waals surface area contributed by atoms with Gasteiger partial charge < -0.3 is 11.5 Å². The Balaban J connectivity index is 2.79. The molecule has 0 aliphatic carbocycles. The zero-order valence-electron chi connectivity index (χ0n) is 9.76. The standard InChI is InChI=1S/C11H11Cl2FN4/c1-4-8(12)5(2)18(17-4)11-7(16)3-6(15)9(13)10(11)14/h3H,15-16H2,1-2H3. The van der Waals surface area contributed by atoms with Crippen molar-refractivity contribution in [1.29, 1.82) is 0 Å². The lowest BCUT2D eigenvalue weighted by atomic mass is 10.2. The molecule has 96 valence electrons. The number of nitrogen functional groups attached to an aromatic ring is 2. The third kappa shape index (κ3) is 1.79. The van der Waals surface area contributed by atoms with Crippen molar-refractivity contribution in [2.45, 2.75) is 13.8 Å². The predicted octanol–water partition coefficient (Wildman–Crippen LogP) is 3.10. The van der Waals surface area contributed by atoms with Crippen LogP contribution in [-0.4, -0.2) is 9.78 Å². The number of halogens is 3. The number of hydrogen-bond donors (Lipinski definition) is 2. The minimum absolute atomic E-state index is 0.0571. The molecule has 0 saturated heterocycles. The van der Waals surface area contributed by atoms with Gasteiger partial charge >= 0.3 is 0 Å². The van der Waals surface area contributed by atoms with Gasteiger partial charge in [-0.25, -0.2) is 9.07 Å². The van der Waals surface area contributed by atoms with Gasteiger partial charge in [-0.3, -0.25) is 0 Å². The fourth-order valence-electron chi connectivity index (χ4n) is 1.71. The number of benzene rings is 1. The van der Waals surface area contributed by atoms with Gasteiger partial charge in [-0.15, -0.1) is 0 Å². The zero-order valence-corrected chi connectivity index (χ0v) is 11.3. The summed E-state index contributed by atoms with van der Waals surface area (Å²) in [5.74, 6) is -0.712. The van der Waals surface area contributed by atoms with Gasteiger partial charge in [-0.1, -0.05) is 23.2 Å². The second-order valence-corrected chi connectivity index (χ2v) is 4.68. The third-order valence-corrected chi connectivity index (χ3v) is 3.58. The van der Waals surface area contributed by atoms with Crippen LogP contribution in [0.5, 0.6) is 0 Å². The van der Waals surface area contributed by atoms with Crippen molar-refractivity contribution in [3.8, 4) is 5.69 Å². The van der Waals surface area contributed by atoms with Crippen molar-refractivity contribution >= 4 is 34.6 Å². The molecule has 0 fully saturated rings. The van der Waals surface area contributed by atoms with Crippen LogP contribution < -0.4 is 11.5 Å². The van der Waals surface area contributed by atoms with Crippen LogP contribution in [0.15, 0.2) is 6.07 Å². The maximum atomic E-state index is 14.1. The van der Waals surface area contributed by atoms with Crippen LogP contribution in [-0.2, 0) is 0 Å². The van der Waals surface area contributed by atoms with E-state index >= 15 is 0 Å². The smallest absolute Gasteiger partial charge is 0.171 e. The lowest BCUT2D eigenvalue weighted by Gasteiger charge is -2.12. The number of aromatic nitrogens is 2. The van der Waals surface area contributed by atoms with Crippen LogP contribution in [0.3, 0.4) is 0 Å². The normalized spacial score (nSPS) is 10.9. The summed E-state index contributed by atoms with van der Waals surface area (Å²) in [6.45, 7) is 3.43. The Bertz CT molecular complexity index is 637. The van der Waals surface area contributed by atoms with E-state index in [1.54, 1.807) is 13.8 Å². The lowest BCUT2D eigenvalue weighted by Crippen LogP contribution is -2.08. The monoisotopic (exact) mass is 288 g/mol. The van der Waals surface area contributed by atoms with Crippen molar-refractivity contribution < 1.29 is 4.39 Å². The molecule has 0 bridgehead atoms. The highest BCUT2D eigenvalue weighted by molar-refractivity contribution is 6.33. The van der Waals surface area contributed by atoms with Gasteiger partial charge in [0, 0.05) is 0 Å². The van der Waals surface area contributed by atoms with E-state index in [0.29, 0.717) is 16.4 Å². The molecule has 18 heavy (non-hydrogen) atoms. The second kappa shape index (κ2) is 4.33. The number of rotatable bonds is 1. The highest BCUT2D eigenvalue weighted by atomic mass is 35.5. The minimum atomic E-state index is -0.712. The fourth-order valence-corrected chi connectivity index (χ4v) is 1.98. The Morgan fingerprint density at radius 3 is 2.28 bits per heavy atom. The van der Waals surface area contributed by atoms with E-state index in [2.05, 4.69) is 5.10 Å². The molecule has 2 rings (SSSR count). The van der Waals surface area contributed by atoms with Gasteiger partial charge in [0.1, 0.15) is 10.7 Å². The van der Waals surface area contributed by atoms with Crippen LogP contribution in [0.25, 0.3) is 5.69 Å². The highest BCUT2D eigenvalue weighted by Gasteiger charge is 2.20. The van der Waals surface area contributed by atoms with Gasteiger partial charge in [0.15, 0.2) is 5.82 Å². The van der Waals surface area contributed by atoms with E-state index in [1.165, 1.54) is 10.7 Å². The molecule has 1 heterocycles. The first-order chi connectivity index (χ1) is 8.34. The Morgan fingerprint density at radius 2 is 1.78 bits per heavy atom. The first kappa shape index (κ1) is 13.0. The Hall–Kier alpha value is -1.46. The number of aryl methyl sites for hydroxylation is 1. The average molecular weight is 289 g/mol. The molecule has 4 N–H and O–H groups in total. The first-order valence-electron chi connectivity index (χ1n) is 5.09. The Labute approximate surface area is 113 Å². The van der Waals surface area contributed by atoms with Crippen molar-refractivity contribution in [3.05, 3.63) is 33.3 Å². The van der Waals surface area contributed by atoms with E-state index in [4.69, 9.17) is 34.7 Å². The molecule has 0 aliphatic rings. The van der Waals surface area contributed by atoms with Crippen molar-refractivity contribution in [1.82, 2.24) is 9.78 Å². The van der Waals surface area contributed by atoms with Crippen LogP contribution in [0.4, 0.5) is 15.8 Å². The van der Waals surface area contributed by atoms with Crippen LogP contribution in [0.2, 0.25) is 10.0 Å². The van der Waals surface area contributed by atoms with Gasteiger partial charge in [0.25, 0.3) is 0 Å². The molecule has 4 nitrogen and oxygen atoms in total. The SMILES string of the molecule is Cc1nn(-c2c(N)cc(N)c(Cl)c2F)c(C)c1Cl. The highest BCUT2D eigenvalue weighted by Crippen LogP contribution is 2.34. The maximum Gasteiger partial charge on any atom is 0.171 e. The topological polar surface area (TPSA) is 69.9 Å². The minimum Gasteiger partial charge on any atom is -0.397 e. The molecule has 0 radical (unpaired) electrons. The molecule has 1 aromatic heterocycles. The molecule has 0 saturated carbocycles. The van der Waals surface area contributed by atoms with Gasteiger partial charge in [0.2, 0.25) is 0 Å². The first-order valence-corrected chi connectivity index (χ1v) is 5.85. The number of hydrogen-bond acceptors (Lipinski definition) is 3. The maximum absolute atomic E-state index is 14.1. The molecule has 0 atom stereocenters. The summed E-state index contributed by atoms with van der Waals surface area (Å²) in [4.78, 5) is 0. The van der Waals surface area contributed by atoms with E-state index < -0.39 is 5.82 Å². The summed E-state index contributed by atoms with van der Waals surface area (Å²) in [5.41, 5.74) is 12.8. The fraction of sp³-hybridized carbons (Fsp3) is 0.182. The quantitative estimate of drug-likeness (QED) is 0.792. The molecular formula is C11H11Cl2FN4. The van der Waals surface area contributed by atoms with Crippen molar-refractivity contribution in [2.24, 2.45) is 0 Å². The summed E-state index contributed by atoms with van der Waals surface area (Å²) in [7, 11) is 0. The molecule has 0 amide bonds. The summed E-state index contributed by atoms with van der Waals surface area (Å²) in [5, 5.41) is 4.42. The van der Waals surface area contributed by atoms with Crippen molar-refractivity contribution in [2.75, 3.05) is 11.5 Å². The molecule has 7 heteroatoms.